The highest BCUT2D eigenvalue weighted by molar-refractivity contribution is 5.40. The zero-order chi connectivity index (χ0) is 8.39. The minimum absolute atomic E-state index is 0.662. The SMILES string of the molecule is CCC1=CC=C2C=CC=CC2C1. The van der Waals surface area contributed by atoms with Crippen molar-refractivity contribution in [2.75, 3.05) is 0 Å². The second-order valence-corrected chi connectivity index (χ2v) is 3.40. The van der Waals surface area contributed by atoms with Gasteiger partial charge in [-0.1, -0.05) is 49.0 Å². The standard InChI is InChI=1S/C12H14/c1-2-10-7-8-11-5-3-4-6-12(11)9-10/h3-8,12H,2,9H2,1H3. The molecule has 2 aliphatic carbocycles. The molecule has 0 saturated carbocycles. The first-order chi connectivity index (χ1) is 5.90. The molecule has 62 valence electrons. The first-order valence-corrected chi connectivity index (χ1v) is 4.64. The highest BCUT2D eigenvalue weighted by Crippen LogP contribution is 2.30. The van der Waals surface area contributed by atoms with Gasteiger partial charge in [-0.25, -0.2) is 0 Å². The molecule has 0 nitrogen and oxygen atoms in total. The normalized spacial score (nSPS) is 26.2. The molecule has 0 saturated heterocycles. The maximum absolute atomic E-state index is 2.30. The average molecular weight is 158 g/mol. The largest absolute Gasteiger partial charge is 0.0767 e. The number of allylic oxidation sites excluding steroid dienone is 8. The smallest absolute Gasteiger partial charge is 0.00583 e. The molecule has 12 heavy (non-hydrogen) atoms. The first-order valence-electron chi connectivity index (χ1n) is 4.64. The molecule has 0 aliphatic heterocycles. The van der Waals surface area contributed by atoms with Crippen LogP contribution in [0.25, 0.3) is 0 Å². The lowest BCUT2D eigenvalue weighted by molar-refractivity contribution is 0.724. The Hall–Kier alpha value is -1.04. The van der Waals surface area contributed by atoms with Crippen LogP contribution < -0.4 is 0 Å². The second kappa shape index (κ2) is 3.14. The van der Waals surface area contributed by atoms with E-state index in [0.717, 1.165) is 0 Å². The molecular formula is C12H14. The molecule has 0 fully saturated rings. The van der Waals surface area contributed by atoms with Crippen molar-refractivity contribution < 1.29 is 0 Å². The summed E-state index contributed by atoms with van der Waals surface area (Å²) < 4.78 is 0. The Labute approximate surface area is 74.0 Å². The van der Waals surface area contributed by atoms with Crippen molar-refractivity contribution in [2.45, 2.75) is 19.8 Å². The van der Waals surface area contributed by atoms with Gasteiger partial charge in [-0.15, -0.1) is 0 Å². The molecular weight excluding hydrogens is 144 g/mol. The molecule has 0 N–H and O–H groups in total. The summed E-state index contributed by atoms with van der Waals surface area (Å²) in [5.74, 6) is 0.662. The van der Waals surface area contributed by atoms with E-state index in [-0.39, 0.29) is 0 Å². The lowest BCUT2D eigenvalue weighted by atomic mass is 9.84. The summed E-state index contributed by atoms with van der Waals surface area (Å²) in [5.41, 5.74) is 3.04. The Morgan fingerprint density at radius 3 is 3.08 bits per heavy atom. The van der Waals surface area contributed by atoms with Gasteiger partial charge in [-0.05, 0) is 18.4 Å². The van der Waals surface area contributed by atoms with Crippen LogP contribution in [0.2, 0.25) is 0 Å². The van der Waals surface area contributed by atoms with Gasteiger partial charge in [0.15, 0.2) is 0 Å². The lowest BCUT2D eigenvalue weighted by Gasteiger charge is -2.21. The Balaban J connectivity index is 2.25. The zero-order valence-electron chi connectivity index (χ0n) is 7.46. The van der Waals surface area contributed by atoms with E-state index in [0.29, 0.717) is 5.92 Å². The Morgan fingerprint density at radius 1 is 1.33 bits per heavy atom. The predicted octanol–water partition coefficient (Wildman–Crippen LogP) is 3.40. The highest BCUT2D eigenvalue weighted by atomic mass is 14.2. The third-order valence-corrected chi connectivity index (χ3v) is 2.62. The fourth-order valence-electron chi connectivity index (χ4n) is 1.79. The fraction of sp³-hybridized carbons (Fsp3) is 0.333. The van der Waals surface area contributed by atoms with Gasteiger partial charge >= 0.3 is 0 Å². The van der Waals surface area contributed by atoms with Crippen LogP contribution in [0.3, 0.4) is 0 Å². The average Bonchev–Trinajstić information content (AvgIpc) is 2.17. The lowest BCUT2D eigenvalue weighted by Crippen LogP contribution is -2.06. The summed E-state index contributed by atoms with van der Waals surface area (Å²) >= 11 is 0. The molecule has 2 aliphatic rings. The van der Waals surface area contributed by atoms with Crippen LogP contribution in [0.5, 0.6) is 0 Å². The topological polar surface area (TPSA) is 0 Å². The minimum Gasteiger partial charge on any atom is -0.0767 e. The maximum atomic E-state index is 2.30. The van der Waals surface area contributed by atoms with Crippen molar-refractivity contribution in [1.82, 2.24) is 0 Å². The zero-order valence-corrected chi connectivity index (χ0v) is 7.46. The van der Waals surface area contributed by atoms with Crippen molar-refractivity contribution in [3.05, 3.63) is 47.6 Å². The van der Waals surface area contributed by atoms with Crippen molar-refractivity contribution in [2.24, 2.45) is 5.92 Å². The highest BCUT2D eigenvalue weighted by Gasteiger charge is 2.15. The van der Waals surface area contributed by atoms with Gasteiger partial charge in [0.25, 0.3) is 0 Å². The molecule has 2 rings (SSSR count). The molecule has 0 bridgehead atoms. The number of rotatable bonds is 1. The quantitative estimate of drug-likeness (QED) is 0.548. The summed E-state index contributed by atoms with van der Waals surface area (Å²) in [4.78, 5) is 0. The van der Waals surface area contributed by atoms with Crippen molar-refractivity contribution >= 4 is 0 Å². The van der Waals surface area contributed by atoms with Crippen LogP contribution in [-0.2, 0) is 0 Å². The summed E-state index contributed by atoms with van der Waals surface area (Å²) in [6.45, 7) is 2.23. The van der Waals surface area contributed by atoms with Crippen molar-refractivity contribution in [3.63, 3.8) is 0 Å². The summed E-state index contributed by atoms with van der Waals surface area (Å²) in [5, 5.41) is 0. The van der Waals surface area contributed by atoms with E-state index in [1.807, 2.05) is 0 Å². The van der Waals surface area contributed by atoms with E-state index in [9.17, 15) is 0 Å². The van der Waals surface area contributed by atoms with E-state index >= 15 is 0 Å². The molecule has 1 unspecified atom stereocenters. The summed E-state index contributed by atoms with van der Waals surface area (Å²) in [7, 11) is 0. The van der Waals surface area contributed by atoms with Gasteiger partial charge in [0.1, 0.15) is 0 Å². The first kappa shape index (κ1) is 7.60. The van der Waals surface area contributed by atoms with Crippen LogP contribution in [0.4, 0.5) is 0 Å². The Kier molecular flexibility index (Phi) is 1.99. The predicted molar refractivity (Wildman–Crippen MR) is 52.8 cm³/mol. The van der Waals surface area contributed by atoms with Crippen LogP contribution in [0.1, 0.15) is 19.8 Å². The third-order valence-electron chi connectivity index (χ3n) is 2.62. The molecule has 0 heteroatoms. The van der Waals surface area contributed by atoms with Crippen LogP contribution in [0.15, 0.2) is 47.6 Å². The van der Waals surface area contributed by atoms with Gasteiger partial charge in [0.2, 0.25) is 0 Å². The molecule has 0 radical (unpaired) electrons. The molecule has 0 aromatic heterocycles. The molecule has 0 amide bonds. The van der Waals surface area contributed by atoms with E-state index in [2.05, 4.69) is 43.4 Å². The van der Waals surface area contributed by atoms with Crippen LogP contribution in [0, 0.1) is 5.92 Å². The number of fused-ring (bicyclic) bond motifs is 1. The van der Waals surface area contributed by atoms with Crippen molar-refractivity contribution in [3.8, 4) is 0 Å². The third kappa shape index (κ3) is 1.29. The number of hydrogen-bond acceptors (Lipinski definition) is 0. The molecule has 1 atom stereocenters. The monoisotopic (exact) mass is 158 g/mol. The maximum Gasteiger partial charge on any atom is 0.00583 e. The number of hydrogen-bond donors (Lipinski definition) is 0. The second-order valence-electron chi connectivity index (χ2n) is 3.40. The molecule has 0 aromatic rings. The van der Waals surface area contributed by atoms with E-state index in [1.54, 1.807) is 5.57 Å². The van der Waals surface area contributed by atoms with Crippen LogP contribution >= 0.6 is 0 Å². The van der Waals surface area contributed by atoms with Gasteiger partial charge in [0.05, 0.1) is 0 Å². The Bertz CT molecular complexity index is 287. The van der Waals surface area contributed by atoms with Gasteiger partial charge in [0, 0.05) is 5.92 Å². The summed E-state index contributed by atoms with van der Waals surface area (Å²) in [6, 6.07) is 0. The van der Waals surface area contributed by atoms with E-state index in [1.165, 1.54) is 18.4 Å². The van der Waals surface area contributed by atoms with Crippen molar-refractivity contribution in [1.29, 1.82) is 0 Å². The molecule has 0 heterocycles. The van der Waals surface area contributed by atoms with E-state index < -0.39 is 0 Å². The van der Waals surface area contributed by atoms with Gasteiger partial charge in [-0.3, -0.25) is 0 Å². The fourth-order valence-corrected chi connectivity index (χ4v) is 1.79. The van der Waals surface area contributed by atoms with Crippen LogP contribution in [-0.4, -0.2) is 0 Å². The van der Waals surface area contributed by atoms with Gasteiger partial charge < -0.3 is 0 Å². The summed E-state index contributed by atoms with van der Waals surface area (Å²) in [6.07, 6.45) is 15.7. The Morgan fingerprint density at radius 2 is 2.25 bits per heavy atom. The van der Waals surface area contributed by atoms with Gasteiger partial charge in [-0.2, -0.15) is 0 Å². The minimum atomic E-state index is 0.662. The molecule has 0 spiro atoms. The van der Waals surface area contributed by atoms with E-state index in [4.69, 9.17) is 0 Å². The molecule has 0 aromatic carbocycles.